The maximum atomic E-state index is 10.3. The molecule has 0 spiro atoms. The maximum Gasteiger partial charge on any atom is 0.303 e. The summed E-state index contributed by atoms with van der Waals surface area (Å²) in [5.74, 6) is -0.661. The molecule has 0 saturated carbocycles. The Bertz CT molecular complexity index is 209. The van der Waals surface area contributed by atoms with Gasteiger partial charge < -0.3 is 5.11 Å². The summed E-state index contributed by atoms with van der Waals surface area (Å²) in [5, 5.41) is 8.49. The van der Waals surface area contributed by atoms with E-state index in [9.17, 15) is 4.79 Å². The van der Waals surface area contributed by atoms with E-state index in [4.69, 9.17) is 5.11 Å². The lowest BCUT2D eigenvalue weighted by Crippen LogP contribution is -1.93. The summed E-state index contributed by atoms with van der Waals surface area (Å²) in [6.45, 7) is 2.21. The van der Waals surface area contributed by atoms with E-state index in [1.807, 2.05) is 0 Å². The van der Waals surface area contributed by atoms with E-state index in [-0.39, 0.29) is 0 Å². The summed E-state index contributed by atoms with van der Waals surface area (Å²) in [7, 11) is 0. The molecular weight excluding hydrogens is 224 g/mol. The third kappa shape index (κ3) is 15.2. The summed E-state index contributed by atoms with van der Waals surface area (Å²) < 4.78 is 0. The molecule has 0 fully saturated rings. The first-order valence-corrected chi connectivity index (χ1v) is 7.64. The Labute approximate surface area is 112 Å². The number of allylic oxidation sites excluding steroid dienone is 2. The largest absolute Gasteiger partial charge is 0.481 e. The minimum atomic E-state index is -0.661. The lowest BCUT2D eigenvalue weighted by molar-refractivity contribution is -0.137. The molecule has 0 aliphatic rings. The summed E-state index contributed by atoms with van der Waals surface area (Å²) in [5.41, 5.74) is 0. The van der Waals surface area contributed by atoms with Crippen molar-refractivity contribution in [1.82, 2.24) is 0 Å². The van der Waals surface area contributed by atoms with Crippen LogP contribution in [0.15, 0.2) is 12.2 Å². The quantitative estimate of drug-likeness (QED) is 0.356. The third-order valence-electron chi connectivity index (χ3n) is 3.13. The second-order valence-electron chi connectivity index (χ2n) is 5.02. The van der Waals surface area contributed by atoms with Crippen molar-refractivity contribution in [3.05, 3.63) is 12.2 Å². The van der Waals surface area contributed by atoms with Crippen molar-refractivity contribution in [2.75, 3.05) is 0 Å². The fourth-order valence-electron chi connectivity index (χ4n) is 2.00. The van der Waals surface area contributed by atoms with Crippen molar-refractivity contribution in [2.24, 2.45) is 0 Å². The van der Waals surface area contributed by atoms with Gasteiger partial charge in [0.1, 0.15) is 0 Å². The number of rotatable bonds is 13. The molecule has 1 N–H and O–H groups in total. The number of hydrogen-bond acceptors (Lipinski definition) is 1. The number of hydrogen-bond donors (Lipinski definition) is 1. The van der Waals surface area contributed by atoms with Gasteiger partial charge in [-0.25, -0.2) is 0 Å². The predicted molar refractivity (Wildman–Crippen MR) is 77.9 cm³/mol. The summed E-state index contributed by atoms with van der Waals surface area (Å²) in [4.78, 5) is 10.3. The fourth-order valence-corrected chi connectivity index (χ4v) is 2.00. The SMILES string of the molecule is CCCC=CCCCCCCCCCCC(=O)O. The van der Waals surface area contributed by atoms with Gasteiger partial charge in [-0.05, 0) is 25.7 Å². The molecule has 0 heterocycles. The lowest BCUT2D eigenvalue weighted by atomic mass is 10.1. The van der Waals surface area contributed by atoms with Gasteiger partial charge in [0, 0.05) is 6.42 Å². The molecule has 0 aliphatic heterocycles. The molecule has 0 bridgehead atoms. The van der Waals surface area contributed by atoms with Gasteiger partial charge in [0.05, 0.1) is 0 Å². The Morgan fingerprint density at radius 3 is 1.89 bits per heavy atom. The van der Waals surface area contributed by atoms with Crippen molar-refractivity contribution in [3.8, 4) is 0 Å². The molecule has 0 aromatic rings. The molecule has 0 aromatic carbocycles. The first kappa shape index (κ1) is 17.2. The van der Waals surface area contributed by atoms with Gasteiger partial charge in [0.2, 0.25) is 0 Å². The van der Waals surface area contributed by atoms with Gasteiger partial charge in [-0.2, -0.15) is 0 Å². The molecule has 0 unspecified atom stereocenters. The van der Waals surface area contributed by atoms with Crippen LogP contribution in [0.3, 0.4) is 0 Å². The average Bonchev–Trinajstić information content (AvgIpc) is 2.34. The maximum absolute atomic E-state index is 10.3. The van der Waals surface area contributed by atoms with Gasteiger partial charge in [0.15, 0.2) is 0 Å². The Balaban J connectivity index is 3.01. The minimum absolute atomic E-state index is 0.337. The van der Waals surface area contributed by atoms with Crippen LogP contribution < -0.4 is 0 Å². The van der Waals surface area contributed by atoms with E-state index in [1.165, 1.54) is 57.8 Å². The molecule has 0 atom stereocenters. The molecule has 106 valence electrons. The standard InChI is InChI=1S/C16H30O2/c1-2-3-4-5-6-7-8-9-10-11-12-13-14-15-16(17)18/h4-5H,2-3,6-15H2,1H3,(H,17,18). The highest BCUT2D eigenvalue weighted by atomic mass is 16.4. The highest BCUT2D eigenvalue weighted by Crippen LogP contribution is 2.10. The van der Waals surface area contributed by atoms with Crippen LogP contribution >= 0.6 is 0 Å². The minimum Gasteiger partial charge on any atom is -0.481 e. The van der Waals surface area contributed by atoms with E-state index < -0.39 is 5.97 Å². The first-order chi connectivity index (χ1) is 8.77. The molecule has 0 aliphatic carbocycles. The molecule has 0 amide bonds. The van der Waals surface area contributed by atoms with E-state index >= 15 is 0 Å². The van der Waals surface area contributed by atoms with Crippen LogP contribution in [0, 0.1) is 0 Å². The van der Waals surface area contributed by atoms with Crippen molar-refractivity contribution >= 4 is 5.97 Å². The third-order valence-corrected chi connectivity index (χ3v) is 3.13. The molecule has 0 aromatic heterocycles. The van der Waals surface area contributed by atoms with Crippen LogP contribution in [0.1, 0.15) is 84.0 Å². The number of aliphatic carboxylic acids is 1. The lowest BCUT2D eigenvalue weighted by Gasteiger charge is -2.00. The monoisotopic (exact) mass is 254 g/mol. The van der Waals surface area contributed by atoms with Gasteiger partial charge in [-0.1, -0.05) is 64.0 Å². The van der Waals surface area contributed by atoms with Crippen LogP contribution in [0.5, 0.6) is 0 Å². The van der Waals surface area contributed by atoms with Gasteiger partial charge in [-0.15, -0.1) is 0 Å². The Hall–Kier alpha value is -0.790. The van der Waals surface area contributed by atoms with E-state index in [1.54, 1.807) is 0 Å². The van der Waals surface area contributed by atoms with Crippen molar-refractivity contribution in [2.45, 2.75) is 84.0 Å². The van der Waals surface area contributed by atoms with Crippen LogP contribution in [0.4, 0.5) is 0 Å². The molecule has 0 saturated heterocycles. The van der Waals surface area contributed by atoms with E-state index in [0.29, 0.717) is 6.42 Å². The highest BCUT2D eigenvalue weighted by molar-refractivity contribution is 5.66. The molecular formula is C16H30O2. The zero-order valence-electron chi connectivity index (χ0n) is 12.0. The first-order valence-electron chi connectivity index (χ1n) is 7.64. The van der Waals surface area contributed by atoms with Crippen LogP contribution in [0.25, 0.3) is 0 Å². The fraction of sp³-hybridized carbons (Fsp3) is 0.812. The second-order valence-corrected chi connectivity index (χ2v) is 5.02. The average molecular weight is 254 g/mol. The Kier molecular flexibility index (Phi) is 13.6. The smallest absolute Gasteiger partial charge is 0.303 e. The second kappa shape index (κ2) is 14.3. The van der Waals surface area contributed by atoms with Gasteiger partial charge in [-0.3, -0.25) is 4.79 Å². The number of carboxylic acid groups (broad SMARTS) is 1. The van der Waals surface area contributed by atoms with E-state index in [2.05, 4.69) is 19.1 Å². The zero-order valence-corrected chi connectivity index (χ0v) is 12.0. The highest BCUT2D eigenvalue weighted by Gasteiger charge is 1.96. The van der Waals surface area contributed by atoms with Gasteiger partial charge in [0.25, 0.3) is 0 Å². The molecule has 0 rings (SSSR count). The van der Waals surface area contributed by atoms with Crippen LogP contribution in [0.2, 0.25) is 0 Å². The normalized spacial score (nSPS) is 11.2. The summed E-state index contributed by atoms with van der Waals surface area (Å²) >= 11 is 0. The van der Waals surface area contributed by atoms with Crippen molar-refractivity contribution in [1.29, 1.82) is 0 Å². The molecule has 18 heavy (non-hydrogen) atoms. The molecule has 0 radical (unpaired) electrons. The Morgan fingerprint density at radius 2 is 1.33 bits per heavy atom. The summed E-state index contributed by atoms with van der Waals surface area (Å²) in [6, 6.07) is 0. The number of unbranched alkanes of at least 4 members (excludes halogenated alkanes) is 9. The number of carbonyl (C=O) groups is 1. The van der Waals surface area contributed by atoms with Crippen LogP contribution in [-0.2, 0) is 4.79 Å². The zero-order chi connectivity index (χ0) is 13.5. The number of carboxylic acids is 1. The predicted octanol–water partition coefficient (Wildman–Crippen LogP) is 5.33. The van der Waals surface area contributed by atoms with Crippen molar-refractivity contribution in [3.63, 3.8) is 0 Å². The Morgan fingerprint density at radius 1 is 0.833 bits per heavy atom. The molecule has 2 nitrogen and oxygen atoms in total. The summed E-state index contributed by atoms with van der Waals surface area (Å²) in [6.07, 6.45) is 18.3. The van der Waals surface area contributed by atoms with E-state index in [0.717, 1.165) is 12.8 Å². The van der Waals surface area contributed by atoms with Gasteiger partial charge >= 0.3 is 5.97 Å². The van der Waals surface area contributed by atoms with Crippen LogP contribution in [-0.4, -0.2) is 11.1 Å². The van der Waals surface area contributed by atoms with Crippen molar-refractivity contribution < 1.29 is 9.90 Å². The topological polar surface area (TPSA) is 37.3 Å². The molecule has 2 heteroatoms.